The van der Waals surface area contributed by atoms with E-state index in [9.17, 15) is 0 Å². The van der Waals surface area contributed by atoms with Crippen LogP contribution in [0.3, 0.4) is 0 Å². The lowest BCUT2D eigenvalue weighted by atomic mass is 10.1. The van der Waals surface area contributed by atoms with E-state index < -0.39 is 8.32 Å². The third kappa shape index (κ3) is 5.93. The van der Waals surface area contributed by atoms with Gasteiger partial charge >= 0.3 is 0 Å². The molecule has 0 bridgehead atoms. The molecule has 0 amide bonds. The van der Waals surface area contributed by atoms with Crippen molar-refractivity contribution in [2.45, 2.75) is 64.5 Å². The predicted octanol–water partition coefficient (Wildman–Crippen LogP) is 6.76. The molecule has 0 saturated heterocycles. The molecule has 0 saturated carbocycles. The summed E-state index contributed by atoms with van der Waals surface area (Å²) < 4.78 is 13.9. The number of aromatic nitrogens is 1. The Kier molecular flexibility index (Phi) is 7.05. The first-order valence-corrected chi connectivity index (χ1v) is 12.8. The van der Waals surface area contributed by atoms with Crippen LogP contribution in [0.1, 0.15) is 45.8 Å². The van der Waals surface area contributed by atoms with Gasteiger partial charge in [0.05, 0.1) is 0 Å². The Morgan fingerprint density at radius 2 is 1.77 bits per heavy atom. The molecule has 0 aliphatic rings. The molecule has 0 radical (unpaired) electrons. The summed E-state index contributed by atoms with van der Waals surface area (Å²) in [4.78, 5) is 4.26. The standard InChI is InChI=1S/C21H30BrNO2Si/c1-16(25-26(5,6)21(2,3)4)14-20(17-8-7-13-23-15-17)24-19-11-9-18(22)10-12-19/h7-13,15-16,20H,14H2,1-6H3/t16-,20?/m1/s1. The van der Waals surface area contributed by atoms with Gasteiger partial charge in [-0.1, -0.05) is 42.8 Å². The molecule has 2 atom stereocenters. The molecular weight excluding hydrogens is 406 g/mol. The Morgan fingerprint density at radius 1 is 1.12 bits per heavy atom. The second-order valence-corrected chi connectivity index (χ2v) is 13.9. The van der Waals surface area contributed by atoms with Gasteiger partial charge < -0.3 is 9.16 Å². The molecule has 1 aromatic heterocycles. The van der Waals surface area contributed by atoms with Crippen LogP contribution in [0.25, 0.3) is 0 Å². The summed E-state index contributed by atoms with van der Waals surface area (Å²) in [6.07, 6.45) is 4.47. The molecule has 1 unspecified atom stereocenters. The number of halogens is 1. The third-order valence-corrected chi connectivity index (χ3v) is 10.1. The van der Waals surface area contributed by atoms with Gasteiger partial charge in [-0.3, -0.25) is 4.98 Å². The summed E-state index contributed by atoms with van der Waals surface area (Å²) in [7, 11) is -1.81. The van der Waals surface area contributed by atoms with Crippen LogP contribution in [0.5, 0.6) is 5.75 Å². The molecule has 1 aromatic carbocycles. The Labute approximate surface area is 167 Å². The monoisotopic (exact) mass is 435 g/mol. The minimum atomic E-state index is -1.81. The van der Waals surface area contributed by atoms with Crippen LogP contribution in [0.15, 0.2) is 53.3 Å². The average Bonchev–Trinajstić information content (AvgIpc) is 2.55. The molecule has 142 valence electrons. The second-order valence-electron chi connectivity index (χ2n) is 8.27. The second kappa shape index (κ2) is 8.68. The summed E-state index contributed by atoms with van der Waals surface area (Å²) in [5.41, 5.74) is 1.07. The molecule has 2 aromatic rings. The van der Waals surface area contributed by atoms with E-state index in [4.69, 9.17) is 9.16 Å². The Bertz CT molecular complexity index is 683. The number of benzene rings is 1. The largest absolute Gasteiger partial charge is 0.486 e. The maximum Gasteiger partial charge on any atom is 0.192 e. The zero-order valence-corrected chi connectivity index (χ0v) is 19.2. The van der Waals surface area contributed by atoms with Crippen molar-refractivity contribution in [1.29, 1.82) is 0 Å². The normalized spacial score (nSPS) is 14.7. The highest BCUT2D eigenvalue weighted by Crippen LogP contribution is 2.38. The van der Waals surface area contributed by atoms with Gasteiger partial charge in [-0.2, -0.15) is 0 Å². The van der Waals surface area contributed by atoms with E-state index in [1.807, 2.05) is 36.5 Å². The lowest BCUT2D eigenvalue weighted by Crippen LogP contribution is -2.43. The summed E-state index contributed by atoms with van der Waals surface area (Å²) in [5.74, 6) is 0.849. The maximum atomic E-state index is 6.54. The number of ether oxygens (including phenoxy) is 1. The third-order valence-electron chi connectivity index (χ3n) is 5.00. The first kappa shape index (κ1) is 21.1. The summed E-state index contributed by atoms with van der Waals surface area (Å²) >= 11 is 3.47. The summed E-state index contributed by atoms with van der Waals surface area (Å²) in [5, 5.41) is 0.192. The number of hydrogen-bond donors (Lipinski definition) is 0. The van der Waals surface area contributed by atoms with E-state index in [2.05, 4.69) is 67.8 Å². The maximum absolute atomic E-state index is 6.54. The lowest BCUT2D eigenvalue weighted by Gasteiger charge is -2.39. The van der Waals surface area contributed by atoms with Crippen molar-refractivity contribution >= 4 is 24.2 Å². The van der Waals surface area contributed by atoms with Crippen molar-refractivity contribution in [1.82, 2.24) is 4.98 Å². The van der Waals surface area contributed by atoms with Crippen molar-refractivity contribution in [2.75, 3.05) is 0 Å². The number of pyridine rings is 1. The zero-order valence-electron chi connectivity index (χ0n) is 16.6. The van der Waals surface area contributed by atoms with Crippen LogP contribution in [0.2, 0.25) is 18.1 Å². The van der Waals surface area contributed by atoms with Gasteiger partial charge in [0.15, 0.2) is 8.32 Å². The molecule has 0 aliphatic carbocycles. The van der Waals surface area contributed by atoms with Gasteiger partial charge in [-0.15, -0.1) is 0 Å². The number of hydrogen-bond acceptors (Lipinski definition) is 3. The molecule has 0 N–H and O–H groups in total. The predicted molar refractivity (Wildman–Crippen MR) is 114 cm³/mol. The van der Waals surface area contributed by atoms with Gasteiger partial charge in [0.1, 0.15) is 11.9 Å². The highest BCUT2D eigenvalue weighted by molar-refractivity contribution is 9.10. The van der Waals surface area contributed by atoms with Crippen molar-refractivity contribution in [3.8, 4) is 5.75 Å². The van der Waals surface area contributed by atoms with Crippen LogP contribution in [0.4, 0.5) is 0 Å². The molecule has 3 nitrogen and oxygen atoms in total. The smallest absolute Gasteiger partial charge is 0.192 e. The van der Waals surface area contributed by atoms with Crippen molar-refractivity contribution in [2.24, 2.45) is 0 Å². The highest BCUT2D eigenvalue weighted by Gasteiger charge is 2.38. The fourth-order valence-corrected chi connectivity index (χ4v) is 4.25. The highest BCUT2D eigenvalue weighted by atomic mass is 79.9. The minimum Gasteiger partial charge on any atom is -0.486 e. The van der Waals surface area contributed by atoms with Gasteiger partial charge in [0.25, 0.3) is 0 Å². The Balaban J connectivity index is 2.15. The SMILES string of the molecule is C[C@H](CC(Oc1ccc(Br)cc1)c1cccnc1)O[Si](C)(C)C(C)(C)C. The molecular formula is C21H30BrNO2Si. The van der Waals surface area contributed by atoms with E-state index in [0.29, 0.717) is 0 Å². The quantitative estimate of drug-likeness (QED) is 0.449. The van der Waals surface area contributed by atoms with E-state index in [1.54, 1.807) is 6.20 Å². The molecule has 2 rings (SSSR count). The zero-order chi connectivity index (χ0) is 19.4. The van der Waals surface area contributed by atoms with Gasteiger partial charge in [-0.25, -0.2) is 0 Å². The molecule has 0 fully saturated rings. The molecule has 1 heterocycles. The number of nitrogens with zero attached hydrogens (tertiary/aromatic N) is 1. The topological polar surface area (TPSA) is 31.4 Å². The minimum absolute atomic E-state index is 0.0929. The molecule has 26 heavy (non-hydrogen) atoms. The first-order chi connectivity index (χ1) is 12.1. The van der Waals surface area contributed by atoms with Crippen LogP contribution in [-0.2, 0) is 4.43 Å². The first-order valence-electron chi connectivity index (χ1n) is 9.08. The van der Waals surface area contributed by atoms with E-state index >= 15 is 0 Å². The van der Waals surface area contributed by atoms with Crippen LogP contribution >= 0.6 is 15.9 Å². The van der Waals surface area contributed by atoms with Gasteiger partial charge in [0, 0.05) is 35.0 Å². The van der Waals surface area contributed by atoms with E-state index in [1.165, 1.54) is 0 Å². The number of rotatable bonds is 7. The summed E-state index contributed by atoms with van der Waals surface area (Å²) in [6.45, 7) is 13.5. The molecule has 5 heteroatoms. The van der Waals surface area contributed by atoms with Crippen LogP contribution < -0.4 is 4.74 Å². The fraction of sp³-hybridized carbons (Fsp3) is 0.476. The Morgan fingerprint density at radius 3 is 2.31 bits per heavy atom. The van der Waals surface area contributed by atoms with Crippen molar-refractivity contribution in [3.63, 3.8) is 0 Å². The van der Waals surface area contributed by atoms with Gasteiger partial charge in [0.2, 0.25) is 0 Å². The van der Waals surface area contributed by atoms with Crippen molar-refractivity contribution < 1.29 is 9.16 Å². The van der Waals surface area contributed by atoms with Crippen LogP contribution in [-0.4, -0.2) is 19.4 Å². The lowest BCUT2D eigenvalue weighted by molar-refractivity contribution is 0.111. The van der Waals surface area contributed by atoms with E-state index in [-0.39, 0.29) is 17.2 Å². The van der Waals surface area contributed by atoms with Crippen LogP contribution in [0, 0.1) is 0 Å². The van der Waals surface area contributed by atoms with Gasteiger partial charge in [-0.05, 0) is 55.4 Å². The fourth-order valence-electron chi connectivity index (χ4n) is 2.53. The summed E-state index contributed by atoms with van der Waals surface area (Å²) in [6, 6.07) is 12.0. The molecule has 0 spiro atoms. The van der Waals surface area contributed by atoms with Crippen molar-refractivity contribution in [3.05, 3.63) is 58.8 Å². The Hall–Kier alpha value is -1.17. The molecule has 0 aliphatic heterocycles. The van der Waals surface area contributed by atoms with E-state index in [0.717, 1.165) is 22.2 Å². The average molecular weight is 436 g/mol.